The van der Waals surface area contributed by atoms with Crippen LogP contribution < -0.4 is 15.0 Å². The third kappa shape index (κ3) is 2.03. The lowest BCUT2D eigenvalue weighted by molar-refractivity contribution is -0.126. The summed E-state index contributed by atoms with van der Waals surface area (Å²) in [5.74, 6) is 0.862. The van der Waals surface area contributed by atoms with Crippen molar-refractivity contribution >= 4 is 11.6 Å². The number of amides is 1. The van der Waals surface area contributed by atoms with Crippen molar-refractivity contribution in [2.45, 2.75) is 26.3 Å². The third-order valence-electron chi connectivity index (χ3n) is 3.48. The van der Waals surface area contributed by atoms with Gasteiger partial charge in [0.2, 0.25) is 5.91 Å². The van der Waals surface area contributed by atoms with E-state index in [2.05, 4.69) is 16.3 Å². The van der Waals surface area contributed by atoms with Crippen LogP contribution in [0.15, 0.2) is 18.2 Å². The summed E-state index contributed by atoms with van der Waals surface area (Å²) >= 11 is 0. The minimum atomic E-state index is -0.556. The van der Waals surface area contributed by atoms with Gasteiger partial charge in [0.15, 0.2) is 0 Å². The van der Waals surface area contributed by atoms with Crippen molar-refractivity contribution in [2.75, 3.05) is 25.1 Å². The molecule has 1 aromatic carbocycles. The molecule has 1 N–H and O–H groups in total. The first-order valence-corrected chi connectivity index (χ1v) is 6.17. The molecular weight excluding hydrogens is 228 g/mol. The van der Waals surface area contributed by atoms with Gasteiger partial charge in [-0.05, 0) is 38.5 Å². The van der Waals surface area contributed by atoms with Gasteiger partial charge in [-0.2, -0.15) is 0 Å². The maximum absolute atomic E-state index is 12.0. The first kappa shape index (κ1) is 12.7. The number of aryl methyl sites for hydroxylation is 1. The van der Waals surface area contributed by atoms with Crippen LogP contribution in [0.2, 0.25) is 0 Å². The molecule has 1 aliphatic rings. The number of anilines is 1. The first-order valence-electron chi connectivity index (χ1n) is 6.17. The molecule has 0 saturated carbocycles. The molecule has 1 aliphatic heterocycles. The van der Waals surface area contributed by atoms with Crippen molar-refractivity contribution < 1.29 is 9.53 Å². The fourth-order valence-electron chi connectivity index (χ4n) is 2.33. The Hall–Kier alpha value is -1.71. The molecule has 0 bridgehead atoms. The summed E-state index contributed by atoms with van der Waals surface area (Å²) in [6.45, 7) is 7.37. The number of nitrogens with one attached hydrogen (secondary N) is 1. The van der Waals surface area contributed by atoms with E-state index in [-0.39, 0.29) is 5.91 Å². The van der Waals surface area contributed by atoms with Crippen LogP contribution in [0, 0.1) is 6.92 Å². The van der Waals surface area contributed by atoms with Gasteiger partial charge in [0, 0.05) is 13.1 Å². The van der Waals surface area contributed by atoms with Crippen LogP contribution in [0.1, 0.15) is 19.4 Å². The molecule has 4 heteroatoms. The number of methoxy groups -OCH3 is 1. The summed E-state index contributed by atoms with van der Waals surface area (Å²) in [6.07, 6.45) is 0. The molecular formula is C14H20N2O2. The molecule has 1 saturated heterocycles. The summed E-state index contributed by atoms with van der Waals surface area (Å²) in [5, 5.41) is 2.90. The average Bonchev–Trinajstić information content (AvgIpc) is 2.32. The van der Waals surface area contributed by atoms with Gasteiger partial charge >= 0.3 is 0 Å². The van der Waals surface area contributed by atoms with Crippen LogP contribution in [0.4, 0.5) is 5.69 Å². The molecule has 0 atom stereocenters. The maximum Gasteiger partial charge on any atom is 0.245 e. The van der Waals surface area contributed by atoms with Gasteiger partial charge in [-0.3, -0.25) is 4.79 Å². The SMILES string of the molecule is COc1ccc(C)cc1N1CCNC(=O)C1(C)C. The monoisotopic (exact) mass is 248 g/mol. The number of nitrogens with zero attached hydrogens (tertiary/aromatic N) is 1. The average molecular weight is 248 g/mol. The number of benzene rings is 1. The summed E-state index contributed by atoms with van der Waals surface area (Å²) in [4.78, 5) is 14.1. The lowest BCUT2D eigenvalue weighted by Gasteiger charge is -2.43. The Bertz CT molecular complexity index is 469. The molecule has 2 rings (SSSR count). The van der Waals surface area contributed by atoms with Crippen molar-refractivity contribution in [1.29, 1.82) is 0 Å². The van der Waals surface area contributed by atoms with Gasteiger partial charge in [-0.15, -0.1) is 0 Å². The Morgan fingerprint density at radius 2 is 2.11 bits per heavy atom. The zero-order chi connectivity index (χ0) is 13.3. The lowest BCUT2D eigenvalue weighted by atomic mass is 9.97. The van der Waals surface area contributed by atoms with E-state index in [1.807, 2.05) is 32.9 Å². The maximum atomic E-state index is 12.0. The quantitative estimate of drug-likeness (QED) is 0.866. The molecule has 18 heavy (non-hydrogen) atoms. The van der Waals surface area contributed by atoms with E-state index in [0.29, 0.717) is 6.54 Å². The van der Waals surface area contributed by atoms with Gasteiger partial charge < -0.3 is 15.0 Å². The second-order valence-corrected chi connectivity index (χ2v) is 5.14. The number of piperazine rings is 1. The highest BCUT2D eigenvalue weighted by Gasteiger charge is 2.38. The van der Waals surface area contributed by atoms with Crippen molar-refractivity contribution in [2.24, 2.45) is 0 Å². The Balaban J connectivity index is 2.46. The number of rotatable bonds is 2. The highest BCUT2D eigenvalue weighted by molar-refractivity contribution is 5.91. The highest BCUT2D eigenvalue weighted by Crippen LogP contribution is 2.34. The molecule has 1 fully saturated rings. The van der Waals surface area contributed by atoms with Gasteiger partial charge in [-0.1, -0.05) is 6.07 Å². The Morgan fingerprint density at radius 3 is 2.78 bits per heavy atom. The molecule has 4 nitrogen and oxygen atoms in total. The minimum absolute atomic E-state index is 0.0531. The Labute approximate surface area is 108 Å². The number of ether oxygens (including phenoxy) is 1. The molecule has 0 spiro atoms. The molecule has 1 amide bonds. The molecule has 0 aliphatic carbocycles. The van der Waals surface area contributed by atoms with Crippen molar-refractivity contribution in [1.82, 2.24) is 5.32 Å². The zero-order valence-corrected chi connectivity index (χ0v) is 11.4. The first-order chi connectivity index (χ1) is 8.46. The normalized spacial score (nSPS) is 18.4. The predicted octanol–water partition coefficient (Wildman–Crippen LogP) is 1.72. The van der Waals surface area contributed by atoms with Crippen LogP contribution in [0.3, 0.4) is 0 Å². The number of carbonyl (C=O) groups is 1. The smallest absolute Gasteiger partial charge is 0.245 e. The van der Waals surface area contributed by atoms with Gasteiger partial charge in [0.25, 0.3) is 0 Å². The molecule has 0 unspecified atom stereocenters. The molecule has 1 aromatic rings. The summed E-state index contributed by atoms with van der Waals surface area (Å²) in [7, 11) is 1.66. The second-order valence-electron chi connectivity index (χ2n) is 5.14. The zero-order valence-electron chi connectivity index (χ0n) is 11.4. The fraction of sp³-hybridized carbons (Fsp3) is 0.500. The lowest BCUT2D eigenvalue weighted by Crippen LogP contribution is -2.62. The van der Waals surface area contributed by atoms with E-state index >= 15 is 0 Å². The van der Waals surface area contributed by atoms with Crippen LogP contribution in [0.25, 0.3) is 0 Å². The van der Waals surface area contributed by atoms with Crippen LogP contribution in [-0.4, -0.2) is 31.6 Å². The van der Waals surface area contributed by atoms with Gasteiger partial charge in [0.1, 0.15) is 11.3 Å². The van der Waals surface area contributed by atoms with Crippen molar-refractivity contribution in [3.05, 3.63) is 23.8 Å². The van der Waals surface area contributed by atoms with E-state index in [4.69, 9.17) is 4.74 Å². The van der Waals surface area contributed by atoms with E-state index < -0.39 is 5.54 Å². The van der Waals surface area contributed by atoms with Gasteiger partial charge in [-0.25, -0.2) is 0 Å². The molecule has 98 valence electrons. The van der Waals surface area contributed by atoms with E-state index in [1.165, 1.54) is 0 Å². The largest absolute Gasteiger partial charge is 0.495 e. The standard InChI is InChI=1S/C14H20N2O2/c1-10-5-6-12(18-4)11(9-10)16-8-7-15-13(17)14(16,2)3/h5-6,9H,7-8H2,1-4H3,(H,15,17). The van der Waals surface area contributed by atoms with E-state index in [1.54, 1.807) is 7.11 Å². The third-order valence-corrected chi connectivity index (χ3v) is 3.48. The number of hydrogen-bond donors (Lipinski definition) is 1. The molecule has 1 heterocycles. The second kappa shape index (κ2) is 4.52. The topological polar surface area (TPSA) is 41.6 Å². The van der Waals surface area contributed by atoms with Gasteiger partial charge in [0.05, 0.1) is 12.8 Å². The number of carbonyl (C=O) groups excluding carboxylic acids is 1. The van der Waals surface area contributed by atoms with E-state index in [9.17, 15) is 4.79 Å². The van der Waals surface area contributed by atoms with Crippen LogP contribution in [0.5, 0.6) is 5.75 Å². The number of hydrogen-bond acceptors (Lipinski definition) is 3. The van der Waals surface area contributed by atoms with Crippen LogP contribution in [-0.2, 0) is 4.79 Å². The summed E-state index contributed by atoms with van der Waals surface area (Å²) in [5.41, 5.74) is 1.59. The molecule has 0 aromatic heterocycles. The van der Waals surface area contributed by atoms with Crippen molar-refractivity contribution in [3.63, 3.8) is 0 Å². The van der Waals surface area contributed by atoms with Crippen LogP contribution >= 0.6 is 0 Å². The Morgan fingerprint density at radius 1 is 1.39 bits per heavy atom. The fourth-order valence-corrected chi connectivity index (χ4v) is 2.33. The summed E-state index contributed by atoms with van der Waals surface area (Å²) in [6, 6.07) is 6.03. The summed E-state index contributed by atoms with van der Waals surface area (Å²) < 4.78 is 5.41. The van der Waals surface area contributed by atoms with Crippen molar-refractivity contribution in [3.8, 4) is 5.75 Å². The minimum Gasteiger partial charge on any atom is -0.495 e. The van der Waals surface area contributed by atoms with E-state index in [0.717, 1.165) is 23.5 Å². The Kier molecular flexibility index (Phi) is 3.20. The predicted molar refractivity (Wildman–Crippen MR) is 72.2 cm³/mol. The molecule has 0 radical (unpaired) electrons. The highest BCUT2D eigenvalue weighted by atomic mass is 16.5.